The smallest absolute Gasteiger partial charge is 0.0547 e. The molecule has 0 spiro atoms. The van der Waals surface area contributed by atoms with Crippen LogP contribution in [0.15, 0.2) is 279 Å². The molecular formula is C72H46N4. The van der Waals surface area contributed by atoms with E-state index in [0.29, 0.717) is 0 Å². The van der Waals surface area contributed by atoms with Gasteiger partial charge in [-0.15, -0.1) is 0 Å². The van der Waals surface area contributed by atoms with E-state index in [1.165, 1.54) is 121 Å². The lowest BCUT2D eigenvalue weighted by molar-refractivity contribution is 1.18. The average molecular weight is 967 g/mol. The maximum atomic E-state index is 2.45. The Kier molecular flexibility index (Phi) is 9.30. The highest BCUT2D eigenvalue weighted by Crippen LogP contribution is 2.41. The summed E-state index contributed by atoms with van der Waals surface area (Å²) in [6, 6.07) is 103. The monoisotopic (exact) mass is 966 g/mol. The predicted octanol–water partition coefficient (Wildman–Crippen LogP) is 19.1. The van der Waals surface area contributed by atoms with E-state index >= 15 is 0 Å². The van der Waals surface area contributed by atoms with E-state index in [4.69, 9.17) is 0 Å². The van der Waals surface area contributed by atoms with Crippen LogP contribution in [0.5, 0.6) is 0 Å². The Bertz CT molecular complexity index is 4990. The lowest BCUT2D eigenvalue weighted by Gasteiger charge is -2.13. The lowest BCUT2D eigenvalue weighted by Crippen LogP contribution is -1.95. The van der Waals surface area contributed by atoms with Crippen molar-refractivity contribution in [2.24, 2.45) is 0 Å². The Balaban J connectivity index is 0.794. The zero-order chi connectivity index (χ0) is 49.8. The summed E-state index contributed by atoms with van der Waals surface area (Å²) < 4.78 is 9.66. The number of fused-ring (bicyclic) bond motifs is 12. The summed E-state index contributed by atoms with van der Waals surface area (Å²) in [6.45, 7) is 0. The van der Waals surface area contributed by atoms with Gasteiger partial charge in [0.05, 0.1) is 44.1 Å². The van der Waals surface area contributed by atoms with Gasteiger partial charge in [-0.05, 0) is 143 Å². The van der Waals surface area contributed by atoms with Crippen LogP contribution in [0, 0.1) is 0 Å². The summed E-state index contributed by atoms with van der Waals surface area (Å²) in [5, 5.41) is 9.94. The van der Waals surface area contributed by atoms with Crippen LogP contribution < -0.4 is 0 Å². The molecule has 12 aromatic carbocycles. The van der Waals surface area contributed by atoms with Gasteiger partial charge in [0.15, 0.2) is 0 Å². The number of para-hydroxylation sites is 6. The van der Waals surface area contributed by atoms with Crippen molar-refractivity contribution in [3.05, 3.63) is 279 Å². The minimum atomic E-state index is 1.13. The molecule has 0 aliphatic carbocycles. The van der Waals surface area contributed by atoms with Crippen LogP contribution in [0.1, 0.15) is 0 Å². The summed E-state index contributed by atoms with van der Waals surface area (Å²) in [5.74, 6) is 0. The number of rotatable bonds is 7. The van der Waals surface area contributed by atoms with Crippen LogP contribution in [0.4, 0.5) is 0 Å². The molecule has 0 unspecified atom stereocenters. The largest absolute Gasteiger partial charge is 0.309 e. The molecule has 76 heavy (non-hydrogen) atoms. The maximum Gasteiger partial charge on any atom is 0.0547 e. The van der Waals surface area contributed by atoms with Crippen LogP contribution in [-0.4, -0.2) is 18.3 Å². The molecule has 4 heteroatoms. The summed E-state index contributed by atoms with van der Waals surface area (Å²) in [6.07, 6.45) is 0. The van der Waals surface area contributed by atoms with Gasteiger partial charge in [-0.25, -0.2) is 0 Å². The van der Waals surface area contributed by atoms with Gasteiger partial charge in [0.25, 0.3) is 0 Å². The number of hydrogen-bond acceptors (Lipinski definition) is 0. The Hall–Kier alpha value is -10.2. The Morgan fingerprint density at radius 1 is 0.145 bits per heavy atom. The molecule has 0 bridgehead atoms. The first-order chi connectivity index (χ1) is 37.7. The molecule has 0 N–H and O–H groups in total. The van der Waals surface area contributed by atoms with E-state index in [1.807, 2.05) is 0 Å². The van der Waals surface area contributed by atoms with Gasteiger partial charge in [0.1, 0.15) is 0 Å². The first-order valence-electron chi connectivity index (χ1n) is 26.2. The second-order valence-electron chi connectivity index (χ2n) is 20.1. The van der Waals surface area contributed by atoms with Crippen molar-refractivity contribution in [1.29, 1.82) is 0 Å². The highest BCUT2D eigenvalue weighted by atomic mass is 15.0. The fourth-order valence-corrected chi connectivity index (χ4v) is 12.5. The molecule has 0 amide bonds. The van der Waals surface area contributed by atoms with Crippen molar-refractivity contribution in [2.45, 2.75) is 0 Å². The van der Waals surface area contributed by atoms with Crippen molar-refractivity contribution in [1.82, 2.24) is 18.3 Å². The van der Waals surface area contributed by atoms with E-state index in [9.17, 15) is 0 Å². The van der Waals surface area contributed by atoms with Crippen molar-refractivity contribution < 1.29 is 0 Å². The van der Waals surface area contributed by atoms with Gasteiger partial charge < -0.3 is 18.3 Å². The molecule has 0 saturated heterocycles. The van der Waals surface area contributed by atoms with E-state index in [0.717, 1.165) is 22.7 Å². The van der Waals surface area contributed by atoms with E-state index in [-0.39, 0.29) is 0 Å². The molecule has 0 aliphatic heterocycles. The van der Waals surface area contributed by atoms with Gasteiger partial charge in [0, 0.05) is 65.8 Å². The topological polar surface area (TPSA) is 19.7 Å². The average Bonchev–Trinajstić information content (AvgIpc) is 4.28. The van der Waals surface area contributed by atoms with Crippen molar-refractivity contribution in [3.63, 3.8) is 0 Å². The zero-order valence-electron chi connectivity index (χ0n) is 41.3. The number of nitrogens with zero attached hydrogens (tertiary/aromatic N) is 4. The van der Waals surface area contributed by atoms with Crippen molar-refractivity contribution >= 4 is 87.2 Å². The third-order valence-electron chi connectivity index (χ3n) is 15.9. The standard InChI is InChI=1S/C72H46N4/c1-3-19-53(20-4-1)73-67-31-13-9-27-59(67)63-43-49(35-39-69(63)73)47-17-15-23-55(41-47)75-68-32-14-10-28-60(68)64-44-50(36-40-70(64)75)48-18-16-24-56(42-48)76-66-30-12-8-26-58(66)62-38-34-52(46-72(62)76)51-33-37-61-57-25-7-11-29-65(57)74(71(61)45-51)54-21-5-2-6-22-54/h1-46H. The first kappa shape index (κ1) is 42.4. The molecule has 4 heterocycles. The molecule has 0 radical (unpaired) electrons. The molecule has 354 valence electrons. The molecular weight excluding hydrogens is 921 g/mol. The fourth-order valence-electron chi connectivity index (χ4n) is 12.5. The third kappa shape index (κ3) is 6.44. The van der Waals surface area contributed by atoms with E-state index in [1.54, 1.807) is 0 Å². The van der Waals surface area contributed by atoms with E-state index in [2.05, 4.69) is 297 Å². The molecule has 4 aromatic heterocycles. The first-order valence-corrected chi connectivity index (χ1v) is 26.2. The number of benzene rings is 12. The SMILES string of the molecule is c1ccc(-n2c3ccccc3c3cc(-c4cccc(-n5c6ccccc6c6cc(-c7cccc(-n8c9ccccc9c9ccc(-c%10ccc%11c%12ccccc%12n(-c%12ccccc%12)c%11c%10)cc98)c7)ccc65)c4)ccc32)cc1. The highest BCUT2D eigenvalue weighted by molar-refractivity contribution is 6.14. The molecule has 4 nitrogen and oxygen atoms in total. The highest BCUT2D eigenvalue weighted by Gasteiger charge is 2.19. The minimum absolute atomic E-state index is 1.13. The summed E-state index contributed by atoms with van der Waals surface area (Å²) in [4.78, 5) is 0. The zero-order valence-corrected chi connectivity index (χ0v) is 41.3. The minimum Gasteiger partial charge on any atom is -0.309 e. The van der Waals surface area contributed by atoms with Crippen LogP contribution >= 0.6 is 0 Å². The maximum absolute atomic E-state index is 2.45. The normalized spacial score (nSPS) is 11.9. The lowest BCUT2D eigenvalue weighted by atomic mass is 10.0. The van der Waals surface area contributed by atoms with Crippen LogP contribution in [0.3, 0.4) is 0 Å². The predicted molar refractivity (Wildman–Crippen MR) is 320 cm³/mol. The summed E-state index contributed by atoms with van der Waals surface area (Å²) in [7, 11) is 0. The van der Waals surface area contributed by atoms with E-state index < -0.39 is 0 Å². The van der Waals surface area contributed by atoms with Gasteiger partial charge in [0.2, 0.25) is 0 Å². The molecule has 0 saturated carbocycles. The summed E-state index contributed by atoms with van der Waals surface area (Å²) >= 11 is 0. The molecule has 16 aromatic rings. The number of hydrogen-bond donors (Lipinski definition) is 0. The molecule has 0 fully saturated rings. The molecule has 0 atom stereocenters. The van der Waals surface area contributed by atoms with Crippen LogP contribution in [-0.2, 0) is 0 Å². The second-order valence-corrected chi connectivity index (χ2v) is 20.1. The second kappa shape index (κ2) is 16.7. The van der Waals surface area contributed by atoms with Gasteiger partial charge in [-0.3, -0.25) is 0 Å². The molecule has 0 aliphatic rings. The van der Waals surface area contributed by atoms with Crippen LogP contribution in [0.25, 0.3) is 143 Å². The van der Waals surface area contributed by atoms with Crippen molar-refractivity contribution in [2.75, 3.05) is 0 Å². The Morgan fingerprint density at radius 3 is 0.855 bits per heavy atom. The Labute approximate surface area is 438 Å². The van der Waals surface area contributed by atoms with Gasteiger partial charge in [-0.1, -0.05) is 170 Å². The summed E-state index contributed by atoms with van der Waals surface area (Å²) in [5.41, 5.74) is 21.2. The van der Waals surface area contributed by atoms with Crippen molar-refractivity contribution in [3.8, 4) is 56.1 Å². The van der Waals surface area contributed by atoms with Gasteiger partial charge >= 0.3 is 0 Å². The van der Waals surface area contributed by atoms with Crippen LogP contribution in [0.2, 0.25) is 0 Å². The molecule has 16 rings (SSSR count). The third-order valence-corrected chi connectivity index (χ3v) is 15.9. The van der Waals surface area contributed by atoms with Gasteiger partial charge in [-0.2, -0.15) is 0 Å². The Morgan fingerprint density at radius 2 is 0.421 bits per heavy atom. The number of aromatic nitrogens is 4. The quantitative estimate of drug-likeness (QED) is 0.152. The fraction of sp³-hybridized carbons (Fsp3) is 0.